The van der Waals surface area contributed by atoms with Gasteiger partial charge in [0.15, 0.2) is 6.61 Å². The summed E-state index contributed by atoms with van der Waals surface area (Å²) in [7, 11) is 1.64. The van der Waals surface area contributed by atoms with Crippen LogP contribution in [0.15, 0.2) is 42.5 Å². The summed E-state index contributed by atoms with van der Waals surface area (Å²) >= 11 is 2.23. The molecule has 5 heteroatoms. The molecule has 0 saturated heterocycles. The number of carbonyl (C=O) groups is 1. The predicted octanol–water partition coefficient (Wildman–Crippen LogP) is 3.23. The normalized spacial score (nSPS) is 13.6. The third-order valence-electron chi connectivity index (χ3n) is 3.39. The minimum Gasteiger partial charge on any atom is -0.496 e. The van der Waals surface area contributed by atoms with Gasteiger partial charge in [-0.15, -0.1) is 0 Å². The zero-order valence-electron chi connectivity index (χ0n) is 11.5. The van der Waals surface area contributed by atoms with Crippen LogP contribution in [0.1, 0.15) is 5.56 Å². The molecule has 0 fully saturated rings. The largest absolute Gasteiger partial charge is 0.496 e. The Labute approximate surface area is 136 Å². The van der Waals surface area contributed by atoms with Crippen molar-refractivity contribution in [1.29, 1.82) is 0 Å². The Morgan fingerprint density at radius 3 is 2.90 bits per heavy atom. The summed E-state index contributed by atoms with van der Waals surface area (Å²) in [5, 5.41) is 0. The van der Waals surface area contributed by atoms with Crippen molar-refractivity contribution < 1.29 is 14.3 Å². The van der Waals surface area contributed by atoms with Crippen LogP contribution in [0.4, 0.5) is 5.69 Å². The summed E-state index contributed by atoms with van der Waals surface area (Å²) < 4.78 is 12.0. The van der Waals surface area contributed by atoms with E-state index in [1.54, 1.807) is 12.0 Å². The quantitative estimate of drug-likeness (QED) is 0.750. The topological polar surface area (TPSA) is 38.8 Å². The Morgan fingerprint density at radius 1 is 1.29 bits per heavy atom. The second-order valence-electron chi connectivity index (χ2n) is 4.69. The fraction of sp³-hybridized carbons (Fsp3) is 0.188. The highest BCUT2D eigenvalue weighted by molar-refractivity contribution is 14.1. The van der Waals surface area contributed by atoms with Gasteiger partial charge in [-0.3, -0.25) is 4.79 Å². The van der Waals surface area contributed by atoms with Gasteiger partial charge in [0.25, 0.3) is 5.91 Å². The number of fused-ring (bicyclic) bond motifs is 1. The van der Waals surface area contributed by atoms with Gasteiger partial charge in [-0.1, -0.05) is 18.2 Å². The maximum atomic E-state index is 12.2. The van der Waals surface area contributed by atoms with Gasteiger partial charge < -0.3 is 14.4 Å². The molecule has 0 aromatic heterocycles. The Bertz CT molecular complexity index is 687. The zero-order chi connectivity index (χ0) is 14.8. The summed E-state index contributed by atoms with van der Waals surface area (Å²) in [6, 6.07) is 13.6. The van der Waals surface area contributed by atoms with E-state index in [1.165, 1.54) is 0 Å². The van der Waals surface area contributed by atoms with Crippen LogP contribution in [-0.2, 0) is 11.3 Å². The lowest BCUT2D eigenvalue weighted by Gasteiger charge is -2.30. The molecule has 0 saturated carbocycles. The van der Waals surface area contributed by atoms with E-state index in [1.807, 2.05) is 42.5 Å². The van der Waals surface area contributed by atoms with Crippen LogP contribution in [-0.4, -0.2) is 19.6 Å². The molecule has 0 bridgehead atoms. The van der Waals surface area contributed by atoms with Crippen LogP contribution in [0.2, 0.25) is 0 Å². The first-order valence-electron chi connectivity index (χ1n) is 6.53. The van der Waals surface area contributed by atoms with Gasteiger partial charge in [0.05, 0.1) is 19.3 Å². The third kappa shape index (κ3) is 2.83. The third-order valence-corrected chi connectivity index (χ3v) is 4.06. The van der Waals surface area contributed by atoms with Gasteiger partial charge in [-0.25, -0.2) is 0 Å². The number of benzene rings is 2. The fourth-order valence-electron chi connectivity index (χ4n) is 2.36. The Morgan fingerprint density at radius 2 is 2.10 bits per heavy atom. The Balaban J connectivity index is 1.97. The molecule has 2 aromatic rings. The molecule has 1 heterocycles. The van der Waals surface area contributed by atoms with Crippen molar-refractivity contribution in [3.8, 4) is 11.5 Å². The average molecular weight is 395 g/mol. The number of hydrogen-bond acceptors (Lipinski definition) is 3. The van der Waals surface area contributed by atoms with Crippen molar-refractivity contribution in [1.82, 2.24) is 0 Å². The average Bonchev–Trinajstić information content (AvgIpc) is 2.50. The minimum absolute atomic E-state index is 0.0467. The second kappa shape index (κ2) is 5.93. The van der Waals surface area contributed by atoms with E-state index in [4.69, 9.17) is 9.47 Å². The number of para-hydroxylation sites is 1. The van der Waals surface area contributed by atoms with Crippen molar-refractivity contribution in [3.05, 3.63) is 51.6 Å². The number of rotatable bonds is 3. The Hall–Kier alpha value is -1.76. The summed E-state index contributed by atoms with van der Waals surface area (Å²) in [5.41, 5.74) is 1.78. The molecule has 108 valence electrons. The number of halogens is 1. The maximum Gasteiger partial charge on any atom is 0.265 e. The summed E-state index contributed by atoms with van der Waals surface area (Å²) in [6.07, 6.45) is 0. The first-order chi connectivity index (χ1) is 10.2. The summed E-state index contributed by atoms with van der Waals surface area (Å²) in [5.74, 6) is 1.48. The van der Waals surface area contributed by atoms with E-state index >= 15 is 0 Å². The molecule has 0 N–H and O–H groups in total. The monoisotopic (exact) mass is 395 g/mol. The molecule has 0 radical (unpaired) electrons. The van der Waals surface area contributed by atoms with E-state index in [0.717, 1.165) is 26.3 Å². The fourth-order valence-corrected chi connectivity index (χ4v) is 2.82. The van der Waals surface area contributed by atoms with E-state index in [9.17, 15) is 4.79 Å². The molecule has 2 aromatic carbocycles. The van der Waals surface area contributed by atoms with Crippen molar-refractivity contribution in [2.24, 2.45) is 0 Å². The van der Waals surface area contributed by atoms with E-state index in [0.29, 0.717) is 6.54 Å². The van der Waals surface area contributed by atoms with Crippen LogP contribution < -0.4 is 14.4 Å². The van der Waals surface area contributed by atoms with Crippen molar-refractivity contribution in [2.75, 3.05) is 18.6 Å². The lowest BCUT2D eigenvalue weighted by molar-refractivity contribution is -0.121. The first kappa shape index (κ1) is 14.2. The Kier molecular flexibility index (Phi) is 4.01. The predicted molar refractivity (Wildman–Crippen MR) is 88.8 cm³/mol. The number of hydrogen-bond donors (Lipinski definition) is 0. The molecule has 1 amide bonds. The van der Waals surface area contributed by atoms with Crippen LogP contribution in [0.25, 0.3) is 0 Å². The van der Waals surface area contributed by atoms with Crippen LogP contribution >= 0.6 is 22.6 Å². The molecular formula is C16H14INO3. The maximum absolute atomic E-state index is 12.2. The highest BCUT2D eigenvalue weighted by atomic mass is 127. The summed E-state index contributed by atoms with van der Waals surface area (Å²) in [6.45, 7) is 0.544. The number of nitrogens with zero attached hydrogens (tertiary/aromatic N) is 1. The second-order valence-corrected chi connectivity index (χ2v) is 5.94. The molecule has 0 spiro atoms. The van der Waals surface area contributed by atoms with Crippen LogP contribution in [0, 0.1) is 3.57 Å². The van der Waals surface area contributed by atoms with Gasteiger partial charge >= 0.3 is 0 Å². The lowest BCUT2D eigenvalue weighted by Crippen LogP contribution is -2.38. The number of ether oxygens (including phenoxy) is 2. The molecule has 21 heavy (non-hydrogen) atoms. The smallest absolute Gasteiger partial charge is 0.265 e. The molecule has 0 aliphatic carbocycles. The van der Waals surface area contributed by atoms with Crippen molar-refractivity contribution in [2.45, 2.75) is 6.54 Å². The molecule has 3 rings (SSSR count). The zero-order valence-corrected chi connectivity index (χ0v) is 13.7. The SMILES string of the molecule is COc1ccccc1CN1C(=O)COc2cc(I)ccc21. The number of methoxy groups -OCH3 is 1. The molecule has 0 unspecified atom stereocenters. The first-order valence-corrected chi connectivity index (χ1v) is 7.61. The molecule has 0 atom stereocenters. The van der Waals surface area contributed by atoms with Gasteiger partial charge in [0, 0.05) is 9.13 Å². The van der Waals surface area contributed by atoms with Crippen molar-refractivity contribution >= 4 is 34.2 Å². The molecule has 1 aliphatic rings. The summed E-state index contributed by atoms with van der Waals surface area (Å²) in [4.78, 5) is 13.9. The lowest BCUT2D eigenvalue weighted by atomic mass is 10.1. The molecular weight excluding hydrogens is 381 g/mol. The number of anilines is 1. The van der Waals surface area contributed by atoms with E-state index in [2.05, 4.69) is 22.6 Å². The number of carbonyl (C=O) groups excluding carboxylic acids is 1. The minimum atomic E-state index is -0.0467. The van der Waals surface area contributed by atoms with Crippen molar-refractivity contribution in [3.63, 3.8) is 0 Å². The van der Waals surface area contributed by atoms with E-state index < -0.39 is 0 Å². The van der Waals surface area contributed by atoms with Crippen LogP contribution in [0.3, 0.4) is 0 Å². The number of amides is 1. The van der Waals surface area contributed by atoms with Gasteiger partial charge in [0.2, 0.25) is 0 Å². The molecule has 1 aliphatic heterocycles. The highest BCUT2D eigenvalue weighted by Crippen LogP contribution is 2.35. The standard InChI is InChI=1S/C16H14INO3/c1-20-14-5-3-2-4-11(14)9-18-13-7-6-12(17)8-15(13)21-10-16(18)19/h2-8H,9-10H2,1H3. The highest BCUT2D eigenvalue weighted by Gasteiger charge is 2.26. The van der Waals surface area contributed by atoms with Gasteiger partial charge in [-0.2, -0.15) is 0 Å². The van der Waals surface area contributed by atoms with Crippen LogP contribution in [0.5, 0.6) is 11.5 Å². The van der Waals surface area contributed by atoms with Gasteiger partial charge in [-0.05, 0) is 46.9 Å². The van der Waals surface area contributed by atoms with E-state index in [-0.39, 0.29) is 12.5 Å². The molecule has 4 nitrogen and oxygen atoms in total. The van der Waals surface area contributed by atoms with Gasteiger partial charge in [0.1, 0.15) is 11.5 Å².